The highest BCUT2D eigenvalue weighted by Crippen LogP contribution is 2.29. The van der Waals surface area contributed by atoms with E-state index < -0.39 is 23.3 Å². The quantitative estimate of drug-likeness (QED) is 0.274. The van der Waals surface area contributed by atoms with Crippen molar-refractivity contribution < 1.29 is 22.8 Å². The van der Waals surface area contributed by atoms with Gasteiger partial charge in [-0.3, -0.25) is 23.7 Å². The van der Waals surface area contributed by atoms with E-state index in [1.54, 1.807) is 67.0 Å². The number of imidazole rings is 1. The molecule has 0 unspecified atom stereocenters. The van der Waals surface area contributed by atoms with Crippen LogP contribution in [0.25, 0.3) is 22.4 Å². The first kappa shape index (κ1) is 26.2. The Kier molecular flexibility index (Phi) is 6.78. The molecule has 3 aromatic carbocycles. The number of pyridine rings is 1. The Bertz CT molecular complexity index is 1800. The fraction of sp³-hybridized carbons (Fsp3) is 0.0345. The zero-order valence-electron chi connectivity index (χ0n) is 20.6. The lowest BCUT2D eigenvalue weighted by molar-refractivity contribution is -0.137. The van der Waals surface area contributed by atoms with E-state index in [9.17, 15) is 27.6 Å². The molecule has 11 heteroatoms. The van der Waals surface area contributed by atoms with Crippen LogP contribution in [-0.2, 0) is 11.0 Å². The third-order valence-corrected chi connectivity index (χ3v) is 6.06. The van der Waals surface area contributed by atoms with E-state index in [-0.39, 0.29) is 11.5 Å². The minimum Gasteiger partial charge on any atom is -0.322 e. The van der Waals surface area contributed by atoms with Crippen molar-refractivity contribution in [1.82, 2.24) is 14.1 Å². The second-order valence-electron chi connectivity index (χ2n) is 8.64. The molecule has 0 aliphatic rings. The van der Waals surface area contributed by atoms with Crippen molar-refractivity contribution in [3.05, 3.63) is 126 Å². The Morgan fingerprint density at radius 1 is 0.825 bits per heavy atom. The van der Waals surface area contributed by atoms with Crippen molar-refractivity contribution in [2.24, 2.45) is 0 Å². The minimum absolute atomic E-state index is 0.0638. The molecular formula is C29H20F3N5O3. The standard InChI is InChI=1S/C29H20F3N5O3/c1-2-26(38)34-21-4-3-5-23(16-21)37-24-14-15-33-17-25(24)36(28(37)40)22-12-10-20(11-13-22)35-27(39)18-6-8-19(9-7-18)29(30,31)32/h2-17H,1H2,(H,34,38)(H,35,39). The number of halogens is 3. The van der Waals surface area contributed by atoms with Gasteiger partial charge in [0.1, 0.15) is 0 Å². The van der Waals surface area contributed by atoms with Gasteiger partial charge in [-0.25, -0.2) is 4.79 Å². The van der Waals surface area contributed by atoms with E-state index in [0.717, 1.165) is 30.3 Å². The van der Waals surface area contributed by atoms with Crippen molar-refractivity contribution in [3.8, 4) is 11.4 Å². The van der Waals surface area contributed by atoms with Gasteiger partial charge in [0.2, 0.25) is 5.91 Å². The highest BCUT2D eigenvalue weighted by Gasteiger charge is 2.30. The second kappa shape index (κ2) is 10.4. The average molecular weight is 544 g/mol. The van der Waals surface area contributed by atoms with Crippen molar-refractivity contribution in [2.45, 2.75) is 6.18 Å². The maximum atomic E-state index is 13.7. The second-order valence-corrected chi connectivity index (χ2v) is 8.64. The van der Waals surface area contributed by atoms with Gasteiger partial charge < -0.3 is 10.6 Å². The molecule has 0 aliphatic heterocycles. The lowest BCUT2D eigenvalue weighted by atomic mass is 10.1. The summed E-state index contributed by atoms with van der Waals surface area (Å²) >= 11 is 0. The van der Waals surface area contributed by atoms with E-state index in [1.165, 1.54) is 9.13 Å². The van der Waals surface area contributed by atoms with Gasteiger partial charge in [0.05, 0.1) is 34.2 Å². The zero-order valence-corrected chi connectivity index (χ0v) is 20.6. The van der Waals surface area contributed by atoms with Crippen LogP contribution in [0.5, 0.6) is 0 Å². The van der Waals surface area contributed by atoms with Crippen LogP contribution in [0, 0.1) is 0 Å². The van der Waals surface area contributed by atoms with Crippen LogP contribution in [0.4, 0.5) is 24.5 Å². The Morgan fingerprint density at radius 3 is 2.20 bits per heavy atom. The van der Waals surface area contributed by atoms with Gasteiger partial charge in [-0.1, -0.05) is 12.6 Å². The topological polar surface area (TPSA) is 98.0 Å². The molecule has 2 N–H and O–H groups in total. The smallest absolute Gasteiger partial charge is 0.322 e. The average Bonchev–Trinajstić information content (AvgIpc) is 3.24. The number of hydrogen-bond acceptors (Lipinski definition) is 4. The van der Waals surface area contributed by atoms with Crippen molar-refractivity contribution in [3.63, 3.8) is 0 Å². The molecule has 5 rings (SSSR count). The highest BCUT2D eigenvalue weighted by atomic mass is 19.4. The number of benzene rings is 3. The number of aromatic nitrogens is 3. The molecule has 2 amide bonds. The number of rotatable bonds is 6. The summed E-state index contributed by atoms with van der Waals surface area (Å²) in [5.74, 6) is -0.968. The number of nitrogens with one attached hydrogen (secondary N) is 2. The third kappa shape index (κ3) is 5.12. The van der Waals surface area contributed by atoms with E-state index >= 15 is 0 Å². The predicted molar refractivity (Wildman–Crippen MR) is 145 cm³/mol. The SMILES string of the molecule is C=CC(=O)Nc1cccc(-n2c(=O)n(-c3ccc(NC(=O)c4ccc(C(F)(F)F)cc4)cc3)c3cnccc32)c1. The first-order valence-electron chi connectivity index (χ1n) is 11.9. The minimum atomic E-state index is -4.49. The number of fused-ring (bicyclic) bond motifs is 1. The van der Waals surface area contributed by atoms with Crippen molar-refractivity contribution in [1.29, 1.82) is 0 Å². The van der Waals surface area contributed by atoms with Gasteiger partial charge in [0.25, 0.3) is 5.91 Å². The number of nitrogens with zero attached hydrogens (tertiary/aromatic N) is 3. The molecule has 0 saturated carbocycles. The Balaban J connectivity index is 1.45. The highest BCUT2D eigenvalue weighted by molar-refractivity contribution is 6.04. The molecule has 2 heterocycles. The zero-order chi connectivity index (χ0) is 28.4. The summed E-state index contributed by atoms with van der Waals surface area (Å²) in [7, 11) is 0. The normalized spacial score (nSPS) is 11.3. The van der Waals surface area contributed by atoms with E-state index in [4.69, 9.17) is 0 Å². The van der Waals surface area contributed by atoms with Gasteiger partial charge in [-0.05, 0) is 78.9 Å². The first-order valence-corrected chi connectivity index (χ1v) is 11.9. The van der Waals surface area contributed by atoms with Crippen LogP contribution in [0.1, 0.15) is 15.9 Å². The fourth-order valence-corrected chi connectivity index (χ4v) is 4.17. The molecule has 8 nitrogen and oxygen atoms in total. The van der Waals surface area contributed by atoms with Crippen LogP contribution in [-0.4, -0.2) is 25.9 Å². The van der Waals surface area contributed by atoms with Crippen molar-refractivity contribution in [2.75, 3.05) is 10.6 Å². The summed E-state index contributed by atoms with van der Waals surface area (Å²) in [5, 5.41) is 5.31. The number of alkyl halides is 3. The molecule has 5 aromatic rings. The Morgan fingerprint density at radius 2 is 1.52 bits per heavy atom. The Hall–Kier alpha value is -5.45. The van der Waals surface area contributed by atoms with Crippen LogP contribution in [0.3, 0.4) is 0 Å². The van der Waals surface area contributed by atoms with Crippen LogP contribution >= 0.6 is 0 Å². The van der Waals surface area contributed by atoms with E-state index in [1.807, 2.05) is 0 Å². The number of amides is 2. The van der Waals surface area contributed by atoms with Gasteiger partial charge in [0, 0.05) is 23.1 Å². The monoisotopic (exact) mass is 543 g/mol. The van der Waals surface area contributed by atoms with E-state index in [0.29, 0.717) is 33.8 Å². The Labute approximate surface area is 225 Å². The van der Waals surface area contributed by atoms with Gasteiger partial charge in [0.15, 0.2) is 0 Å². The summed E-state index contributed by atoms with van der Waals surface area (Å²) in [6.07, 6.45) is -0.236. The van der Waals surface area contributed by atoms with Gasteiger partial charge >= 0.3 is 11.9 Å². The summed E-state index contributed by atoms with van der Waals surface area (Å²) in [5.41, 5.74) is 1.80. The largest absolute Gasteiger partial charge is 0.416 e. The summed E-state index contributed by atoms with van der Waals surface area (Å²) in [6, 6.07) is 18.8. The maximum absolute atomic E-state index is 13.7. The van der Waals surface area contributed by atoms with Gasteiger partial charge in [-0.15, -0.1) is 0 Å². The van der Waals surface area contributed by atoms with Crippen molar-refractivity contribution >= 4 is 34.2 Å². The third-order valence-electron chi connectivity index (χ3n) is 6.06. The molecule has 0 radical (unpaired) electrons. The molecule has 0 atom stereocenters. The van der Waals surface area contributed by atoms with E-state index in [2.05, 4.69) is 22.2 Å². The lowest BCUT2D eigenvalue weighted by Crippen LogP contribution is -2.22. The van der Waals surface area contributed by atoms with Gasteiger partial charge in [-0.2, -0.15) is 13.2 Å². The fourth-order valence-electron chi connectivity index (χ4n) is 4.17. The molecule has 0 aliphatic carbocycles. The molecular weight excluding hydrogens is 523 g/mol. The number of carbonyl (C=O) groups is 2. The first-order chi connectivity index (χ1) is 19.2. The molecule has 200 valence electrons. The molecule has 40 heavy (non-hydrogen) atoms. The summed E-state index contributed by atoms with van der Waals surface area (Å²) < 4.78 is 41.3. The maximum Gasteiger partial charge on any atom is 0.416 e. The van der Waals surface area contributed by atoms with Crippen LogP contribution in [0.2, 0.25) is 0 Å². The number of hydrogen-bond donors (Lipinski definition) is 2. The summed E-state index contributed by atoms with van der Waals surface area (Å²) in [4.78, 5) is 42.1. The van der Waals surface area contributed by atoms with Crippen LogP contribution < -0.4 is 16.3 Å². The molecule has 0 spiro atoms. The number of anilines is 2. The molecule has 0 fully saturated rings. The lowest BCUT2D eigenvalue weighted by Gasteiger charge is -2.09. The molecule has 0 bridgehead atoms. The predicted octanol–water partition coefficient (Wildman–Crippen LogP) is 5.57. The molecule has 0 saturated heterocycles. The summed E-state index contributed by atoms with van der Waals surface area (Å²) in [6.45, 7) is 3.44. The molecule has 2 aromatic heterocycles. The number of carbonyl (C=O) groups excluding carboxylic acids is 2. The van der Waals surface area contributed by atoms with Crippen LogP contribution in [0.15, 0.2) is 109 Å².